The van der Waals surface area contributed by atoms with Crippen LogP contribution >= 0.6 is 15.9 Å². The zero-order valence-electron chi connectivity index (χ0n) is 8.95. The predicted octanol–water partition coefficient (Wildman–Crippen LogP) is 4.02. The lowest BCUT2D eigenvalue weighted by molar-refractivity contribution is -0.135. The first-order valence-electron chi connectivity index (χ1n) is 5.10. The molecule has 0 heterocycles. The van der Waals surface area contributed by atoms with Gasteiger partial charge in [-0.1, -0.05) is 12.1 Å². The Morgan fingerprint density at radius 1 is 1.24 bits per heavy atom. The second-order valence-electron chi connectivity index (χ2n) is 3.61. The predicted molar refractivity (Wildman–Crippen MR) is 61.1 cm³/mol. The summed E-state index contributed by atoms with van der Waals surface area (Å²) in [6.45, 7) is 0.596. The van der Waals surface area contributed by atoms with Gasteiger partial charge in [0, 0.05) is 13.0 Å². The SMILES string of the molecule is Fc1cccc(CNCCCC(F)(F)F)c1Br. The number of rotatable bonds is 5. The lowest BCUT2D eigenvalue weighted by Crippen LogP contribution is -2.18. The van der Waals surface area contributed by atoms with Crippen LogP contribution in [0.15, 0.2) is 22.7 Å². The third-order valence-electron chi connectivity index (χ3n) is 2.16. The molecule has 0 aliphatic rings. The van der Waals surface area contributed by atoms with Crippen molar-refractivity contribution in [3.05, 3.63) is 34.1 Å². The molecule has 0 amide bonds. The van der Waals surface area contributed by atoms with E-state index in [4.69, 9.17) is 0 Å². The van der Waals surface area contributed by atoms with E-state index in [0.717, 1.165) is 0 Å². The minimum atomic E-state index is -4.11. The van der Waals surface area contributed by atoms with E-state index in [1.807, 2.05) is 0 Å². The normalized spacial score (nSPS) is 11.8. The van der Waals surface area contributed by atoms with Crippen molar-refractivity contribution in [2.75, 3.05) is 6.54 Å². The molecule has 0 atom stereocenters. The Labute approximate surface area is 105 Å². The van der Waals surface area contributed by atoms with Gasteiger partial charge in [0.1, 0.15) is 5.82 Å². The first kappa shape index (κ1) is 14.4. The molecular formula is C11H12BrF4N. The van der Waals surface area contributed by atoms with Gasteiger partial charge in [-0.15, -0.1) is 0 Å². The monoisotopic (exact) mass is 313 g/mol. The summed E-state index contributed by atoms with van der Waals surface area (Å²) in [6.07, 6.45) is -4.89. The highest BCUT2D eigenvalue weighted by Gasteiger charge is 2.25. The topological polar surface area (TPSA) is 12.0 Å². The van der Waals surface area contributed by atoms with Crippen molar-refractivity contribution in [1.82, 2.24) is 5.32 Å². The Hall–Kier alpha value is -0.620. The fourth-order valence-corrected chi connectivity index (χ4v) is 1.73. The number of alkyl halides is 3. The smallest absolute Gasteiger partial charge is 0.313 e. The first-order chi connectivity index (χ1) is 7.90. The average molecular weight is 314 g/mol. The molecule has 1 N–H and O–H groups in total. The maximum Gasteiger partial charge on any atom is 0.389 e. The van der Waals surface area contributed by atoms with Gasteiger partial charge in [0.25, 0.3) is 0 Å². The van der Waals surface area contributed by atoms with Crippen LogP contribution in [0.2, 0.25) is 0 Å². The molecule has 96 valence electrons. The largest absolute Gasteiger partial charge is 0.389 e. The van der Waals surface area contributed by atoms with Crippen LogP contribution < -0.4 is 5.32 Å². The van der Waals surface area contributed by atoms with Crippen LogP contribution in [-0.4, -0.2) is 12.7 Å². The summed E-state index contributed by atoms with van der Waals surface area (Å²) >= 11 is 3.09. The third kappa shape index (κ3) is 5.50. The van der Waals surface area contributed by atoms with Crippen molar-refractivity contribution in [2.24, 2.45) is 0 Å². The van der Waals surface area contributed by atoms with E-state index < -0.39 is 12.6 Å². The van der Waals surface area contributed by atoms with Crippen molar-refractivity contribution in [2.45, 2.75) is 25.6 Å². The van der Waals surface area contributed by atoms with Gasteiger partial charge in [0.15, 0.2) is 0 Å². The second-order valence-corrected chi connectivity index (χ2v) is 4.40. The molecule has 0 fully saturated rings. The molecule has 0 radical (unpaired) electrons. The third-order valence-corrected chi connectivity index (χ3v) is 3.05. The molecule has 17 heavy (non-hydrogen) atoms. The Morgan fingerprint density at radius 3 is 2.59 bits per heavy atom. The van der Waals surface area contributed by atoms with Crippen molar-refractivity contribution in [1.29, 1.82) is 0 Å². The van der Waals surface area contributed by atoms with Crippen molar-refractivity contribution < 1.29 is 17.6 Å². The van der Waals surface area contributed by atoms with Crippen molar-refractivity contribution in [3.63, 3.8) is 0 Å². The summed E-state index contributed by atoms with van der Waals surface area (Å²) in [6, 6.07) is 4.59. The van der Waals surface area contributed by atoms with E-state index in [0.29, 0.717) is 16.6 Å². The molecule has 0 aliphatic carbocycles. The van der Waals surface area contributed by atoms with Gasteiger partial charge < -0.3 is 5.32 Å². The number of benzene rings is 1. The lowest BCUT2D eigenvalue weighted by Gasteiger charge is -2.08. The standard InChI is InChI=1S/C11H12BrF4N/c12-10-8(3-1-4-9(10)13)7-17-6-2-5-11(14,15)16/h1,3-4,17H,2,5-7H2. The Bertz CT molecular complexity index is 365. The number of nitrogens with one attached hydrogen (secondary N) is 1. The fraction of sp³-hybridized carbons (Fsp3) is 0.455. The highest BCUT2D eigenvalue weighted by molar-refractivity contribution is 9.10. The van der Waals surface area contributed by atoms with E-state index in [2.05, 4.69) is 21.2 Å². The zero-order valence-corrected chi connectivity index (χ0v) is 10.5. The van der Waals surface area contributed by atoms with Gasteiger partial charge in [-0.3, -0.25) is 0 Å². The Balaban J connectivity index is 2.29. The summed E-state index contributed by atoms with van der Waals surface area (Å²) in [4.78, 5) is 0. The van der Waals surface area contributed by atoms with E-state index in [1.165, 1.54) is 6.07 Å². The maximum atomic E-state index is 13.1. The highest BCUT2D eigenvalue weighted by Crippen LogP contribution is 2.21. The van der Waals surface area contributed by atoms with Gasteiger partial charge >= 0.3 is 6.18 Å². The highest BCUT2D eigenvalue weighted by atomic mass is 79.9. The van der Waals surface area contributed by atoms with Crippen LogP contribution in [0, 0.1) is 5.82 Å². The molecule has 1 aromatic rings. The lowest BCUT2D eigenvalue weighted by atomic mass is 10.2. The average Bonchev–Trinajstić information content (AvgIpc) is 2.22. The van der Waals surface area contributed by atoms with Crippen LogP contribution in [0.3, 0.4) is 0 Å². The Kier molecular flexibility index (Phi) is 5.39. The summed E-state index contributed by atoms with van der Waals surface area (Å²) in [5.41, 5.74) is 0.692. The van der Waals surface area contributed by atoms with E-state index in [-0.39, 0.29) is 18.8 Å². The number of hydrogen-bond donors (Lipinski definition) is 1. The summed E-state index contributed by atoms with van der Waals surface area (Å²) in [5.74, 6) is -0.375. The molecule has 0 saturated carbocycles. The molecule has 6 heteroatoms. The molecule has 0 unspecified atom stereocenters. The van der Waals surface area contributed by atoms with Gasteiger partial charge in [-0.25, -0.2) is 4.39 Å². The zero-order chi connectivity index (χ0) is 12.9. The minimum Gasteiger partial charge on any atom is -0.313 e. The Morgan fingerprint density at radius 2 is 1.94 bits per heavy atom. The summed E-state index contributed by atoms with van der Waals surface area (Å²) < 4.78 is 49.0. The first-order valence-corrected chi connectivity index (χ1v) is 5.90. The van der Waals surface area contributed by atoms with Crippen LogP contribution in [-0.2, 0) is 6.54 Å². The van der Waals surface area contributed by atoms with Crippen molar-refractivity contribution >= 4 is 15.9 Å². The summed E-state index contributed by atoms with van der Waals surface area (Å²) in [7, 11) is 0. The van der Waals surface area contributed by atoms with Gasteiger partial charge in [-0.05, 0) is 40.5 Å². The molecule has 0 aliphatic heterocycles. The van der Waals surface area contributed by atoms with E-state index in [9.17, 15) is 17.6 Å². The van der Waals surface area contributed by atoms with Crippen molar-refractivity contribution in [3.8, 4) is 0 Å². The fourth-order valence-electron chi connectivity index (χ4n) is 1.32. The number of halogens is 5. The molecule has 1 aromatic carbocycles. The quantitative estimate of drug-likeness (QED) is 0.639. The van der Waals surface area contributed by atoms with Gasteiger partial charge in [-0.2, -0.15) is 13.2 Å². The van der Waals surface area contributed by atoms with Crippen LogP contribution in [0.1, 0.15) is 18.4 Å². The number of hydrogen-bond acceptors (Lipinski definition) is 1. The molecule has 0 saturated heterocycles. The van der Waals surface area contributed by atoms with Crippen LogP contribution in [0.4, 0.5) is 17.6 Å². The maximum absolute atomic E-state index is 13.1. The molecule has 1 rings (SSSR count). The molecule has 0 spiro atoms. The van der Waals surface area contributed by atoms with Gasteiger partial charge in [0.05, 0.1) is 4.47 Å². The van der Waals surface area contributed by atoms with E-state index >= 15 is 0 Å². The van der Waals surface area contributed by atoms with Crippen LogP contribution in [0.25, 0.3) is 0 Å². The van der Waals surface area contributed by atoms with Gasteiger partial charge in [0.2, 0.25) is 0 Å². The second kappa shape index (κ2) is 6.35. The van der Waals surface area contributed by atoms with E-state index in [1.54, 1.807) is 12.1 Å². The summed E-state index contributed by atoms with van der Waals surface area (Å²) in [5, 5.41) is 2.85. The molecule has 0 aromatic heterocycles. The minimum absolute atomic E-state index is 0.0242. The molecular weight excluding hydrogens is 302 g/mol. The molecule has 0 bridgehead atoms. The molecule has 1 nitrogen and oxygen atoms in total. The van der Waals surface area contributed by atoms with Crippen LogP contribution in [0.5, 0.6) is 0 Å².